The summed E-state index contributed by atoms with van der Waals surface area (Å²) in [6, 6.07) is 5.83. The molecule has 0 spiro atoms. The minimum atomic E-state index is -0.789. The maximum absolute atomic E-state index is 10.9. The molecule has 3 rings (SSSR count). The topological polar surface area (TPSA) is 91.2 Å². The summed E-state index contributed by atoms with van der Waals surface area (Å²) < 4.78 is 0. The van der Waals surface area contributed by atoms with Crippen molar-refractivity contribution in [3.8, 4) is 0 Å². The van der Waals surface area contributed by atoms with Gasteiger partial charge < -0.3 is 10.4 Å². The van der Waals surface area contributed by atoms with E-state index in [-0.39, 0.29) is 12.5 Å². The molecule has 0 radical (unpaired) electrons. The SMILES string of the molecule is Cc1nc(Nc2ncccc2C)cc(C2CCN(CC(=O)O)C2)n1. The van der Waals surface area contributed by atoms with E-state index in [1.165, 1.54) is 0 Å². The number of pyridine rings is 1. The van der Waals surface area contributed by atoms with Crippen LogP contribution in [0, 0.1) is 13.8 Å². The Kier molecular flexibility index (Phi) is 4.71. The van der Waals surface area contributed by atoms with Crippen LogP contribution in [0.25, 0.3) is 0 Å². The summed E-state index contributed by atoms with van der Waals surface area (Å²) in [6.07, 6.45) is 2.65. The van der Waals surface area contributed by atoms with Crippen LogP contribution in [-0.4, -0.2) is 50.6 Å². The largest absolute Gasteiger partial charge is 0.480 e. The first kappa shape index (κ1) is 16.3. The van der Waals surface area contributed by atoms with E-state index in [9.17, 15) is 4.79 Å². The Bertz CT molecular complexity index is 750. The lowest BCUT2D eigenvalue weighted by molar-refractivity contribution is -0.138. The molecule has 7 nitrogen and oxygen atoms in total. The number of likely N-dealkylation sites (tertiary alicyclic amines) is 1. The number of aromatic nitrogens is 3. The summed E-state index contributed by atoms with van der Waals surface area (Å²) in [4.78, 5) is 26.1. The molecular weight excluding hydrogens is 306 g/mol. The van der Waals surface area contributed by atoms with Crippen molar-refractivity contribution < 1.29 is 9.90 Å². The fraction of sp³-hybridized carbons (Fsp3) is 0.412. The summed E-state index contributed by atoms with van der Waals surface area (Å²) in [5.41, 5.74) is 2.00. The van der Waals surface area contributed by atoms with Gasteiger partial charge in [0, 0.05) is 24.7 Å². The van der Waals surface area contributed by atoms with Gasteiger partial charge in [-0.05, 0) is 38.4 Å². The number of anilines is 2. The van der Waals surface area contributed by atoms with Crippen LogP contribution in [0.15, 0.2) is 24.4 Å². The highest BCUT2D eigenvalue weighted by Gasteiger charge is 2.26. The Hall–Kier alpha value is -2.54. The molecule has 1 saturated heterocycles. The number of rotatable bonds is 5. The zero-order valence-corrected chi connectivity index (χ0v) is 13.9. The van der Waals surface area contributed by atoms with Crippen LogP contribution in [0.3, 0.4) is 0 Å². The highest BCUT2D eigenvalue weighted by atomic mass is 16.4. The third-order valence-electron chi connectivity index (χ3n) is 4.16. The molecule has 0 aromatic carbocycles. The standard InChI is InChI=1S/C17H21N5O2/c1-11-4-3-6-18-17(11)21-15-8-14(19-12(2)20-15)13-5-7-22(9-13)10-16(23)24/h3-4,6,8,13H,5,7,9-10H2,1-2H3,(H,23,24)(H,18,19,20,21). The number of aliphatic carboxylic acids is 1. The van der Waals surface area contributed by atoms with Gasteiger partial charge in [-0.3, -0.25) is 9.69 Å². The molecule has 1 aliphatic rings. The quantitative estimate of drug-likeness (QED) is 0.869. The predicted octanol–water partition coefficient (Wildman–Crippen LogP) is 2.11. The minimum absolute atomic E-state index is 0.0821. The van der Waals surface area contributed by atoms with Crippen molar-refractivity contribution in [1.82, 2.24) is 19.9 Å². The Balaban J connectivity index is 1.77. The van der Waals surface area contributed by atoms with E-state index in [0.717, 1.165) is 35.9 Å². The van der Waals surface area contributed by atoms with E-state index in [2.05, 4.69) is 20.3 Å². The smallest absolute Gasteiger partial charge is 0.317 e. The average molecular weight is 327 g/mol. The van der Waals surface area contributed by atoms with Crippen molar-refractivity contribution in [1.29, 1.82) is 0 Å². The molecule has 0 aliphatic carbocycles. The zero-order chi connectivity index (χ0) is 17.1. The molecule has 1 atom stereocenters. The monoisotopic (exact) mass is 327 g/mol. The Morgan fingerprint density at radius 1 is 1.42 bits per heavy atom. The summed E-state index contributed by atoms with van der Waals surface area (Å²) in [5.74, 6) is 1.63. The highest BCUT2D eigenvalue weighted by Crippen LogP contribution is 2.27. The lowest BCUT2D eigenvalue weighted by atomic mass is 10.0. The molecule has 0 amide bonds. The van der Waals surface area contributed by atoms with Gasteiger partial charge in [0.1, 0.15) is 17.5 Å². The van der Waals surface area contributed by atoms with Gasteiger partial charge in [0.05, 0.1) is 12.2 Å². The number of carboxylic acids is 1. The van der Waals surface area contributed by atoms with Crippen LogP contribution >= 0.6 is 0 Å². The van der Waals surface area contributed by atoms with E-state index in [4.69, 9.17) is 5.11 Å². The summed E-state index contributed by atoms with van der Waals surface area (Å²) >= 11 is 0. The molecule has 2 N–H and O–H groups in total. The second-order valence-electron chi connectivity index (χ2n) is 6.13. The Morgan fingerprint density at radius 2 is 2.25 bits per heavy atom. The van der Waals surface area contributed by atoms with E-state index in [1.54, 1.807) is 6.20 Å². The van der Waals surface area contributed by atoms with Crippen molar-refractivity contribution in [2.75, 3.05) is 25.0 Å². The first-order chi connectivity index (χ1) is 11.5. The third-order valence-corrected chi connectivity index (χ3v) is 4.16. The first-order valence-electron chi connectivity index (χ1n) is 7.99. The molecule has 0 bridgehead atoms. The average Bonchev–Trinajstić information content (AvgIpc) is 2.97. The molecule has 126 valence electrons. The minimum Gasteiger partial charge on any atom is -0.480 e. The maximum atomic E-state index is 10.9. The van der Waals surface area contributed by atoms with Crippen molar-refractivity contribution in [3.05, 3.63) is 41.5 Å². The van der Waals surface area contributed by atoms with E-state index >= 15 is 0 Å². The number of hydrogen-bond acceptors (Lipinski definition) is 6. The fourth-order valence-electron chi connectivity index (χ4n) is 3.01. The van der Waals surface area contributed by atoms with Crippen LogP contribution in [0.5, 0.6) is 0 Å². The zero-order valence-electron chi connectivity index (χ0n) is 13.9. The van der Waals surface area contributed by atoms with Crippen LogP contribution in [0.4, 0.5) is 11.6 Å². The lowest BCUT2D eigenvalue weighted by Gasteiger charge is -2.14. The molecule has 0 saturated carbocycles. The van der Waals surface area contributed by atoms with E-state index < -0.39 is 5.97 Å². The van der Waals surface area contributed by atoms with E-state index in [0.29, 0.717) is 12.4 Å². The predicted molar refractivity (Wildman–Crippen MR) is 90.5 cm³/mol. The van der Waals surface area contributed by atoms with Crippen LogP contribution in [0.2, 0.25) is 0 Å². The number of carboxylic acid groups (broad SMARTS) is 1. The van der Waals surface area contributed by atoms with Gasteiger partial charge in [0.2, 0.25) is 0 Å². The molecule has 1 unspecified atom stereocenters. The van der Waals surface area contributed by atoms with Gasteiger partial charge in [-0.25, -0.2) is 15.0 Å². The fourth-order valence-corrected chi connectivity index (χ4v) is 3.01. The molecule has 1 fully saturated rings. The van der Waals surface area contributed by atoms with Gasteiger partial charge in [-0.15, -0.1) is 0 Å². The molecule has 3 heterocycles. The number of carbonyl (C=O) groups is 1. The van der Waals surface area contributed by atoms with Gasteiger partial charge >= 0.3 is 5.97 Å². The van der Waals surface area contributed by atoms with Crippen molar-refractivity contribution in [2.45, 2.75) is 26.2 Å². The lowest BCUT2D eigenvalue weighted by Crippen LogP contribution is -2.27. The van der Waals surface area contributed by atoms with Crippen LogP contribution < -0.4 is 5.32 Å². The molecule has 2 aromatic heterocycles. The number of nitrogens with zero attached hydrogens (tertiary/aromatic N) is 4. The van der Waals surface area contributed by atoms with Crippen molar-refractivity contribution in [2.24, 2.45) is 0 Å². The van der Waals surface area contributed by atoms with Crippen LogP contribution in [-0.2, 0) is 4.79 Å². The third kappa shape index (κ3) is 3.86. The second-order valence-corrected chi connectivity index (χ2v) is 6.13. The Labute approximate surface area is 140 Å². The summed E-state index contributed by atoms with van der Waals surface area (Å²) in [6.45, 7) is 5.43. The molecule has 7 heteroatoms. The normalized spacial score (nSPS) is 17.8. The Morgan fingerprint density at radius 3 is 3.00 bits per heavy atom. The number of aryl methyl sites for hydroxylation is 2. The van der Waals surface area contributed by atoms with Gasteiger partial charge in [0.25, 0.3) is 0 Å². The highest BCUT2D eigenvalue weighted by molar-refractivity contribution is 5.69. The maximum Gasteiger partial charge on any atom is 0.317 e. The molecule has 2 aromatic rings. The van der Waals surface area contributed by atoms with Crippen molar-refractivity contribution in [3.63, 3.8) is 0 Å². The van der Waals surface area contributed by atoms with E-state index in [1.807, 2.05) is 36.9 Å². The summed E-state index contributed by atoms with van der Waals surface area (Å²) in [7, 11) is 0. The number of nitrogens with one attached hydrogen (secondary N) is 1. The molecule has 24 heavy (non-hydrogen) atoms. The second kappa shape index (κ2) is 6.92. The van der Waals surface area contributed by atoms with Crippen LogP contribution in [0.1, 0.15) is 29.4 Å². The first-order valence-corrected chi connectivity index (χ1v) is 7.99. The van der Waals surface area contributed by atoms with Crippen molar-refractivity contribution >= 4 is 17.6 Å². The van der Waals surface area contributed by atoms with Gasteiger partial charge in [-0.1, -0.05) is 6.07 Å². The molecule has 1 aliphatic heterocycles. The van der Waals surface area contributed by atoms with Gasteiger partial charge in [-0.2, -0.15) is 0 Å². The van der Waals surface area contributed by atoms with Gasteiger partial charge in [0.15, 0.2) is 0 Å². The summed E-state index contributed by atoms with van der Waals surface area (Å²) in [5, 5.41) is 12.2. The number of hydrogen-bond donors (Lipinski definition) is 2. The molecular formula is C17H21N5O2.